The van der Waals surface area contributed by atoms with E-state index in [2.05, 4.69) is 25.9 Å². The van der Waals surface area contributed by atoms with Gasteiger partial charge in [0.05, 0.1) is 10.6 Å². The Morgan fingerprint density at radius 2 is 1.83 bits per heavy atom. The summed E-state index contributed by atoms with van der Waals surface area (Å²) in [4.78, 5) is 7.92. The Morgan fingerprint density at radius 1 is 1.04 bits per heavy atom. The van der Waals surface area contributed by atoms with Crippen LogP contribution in [-0.4, -0.2) is 18.4 Å². The van der Waals surface area contributed by atoms with Crippen molar-refractivity contribution < 1.29 is 8.42 Å². The quantitative estimate of drug-likeness (QED) is 0.552. The standard InChI is InChI=1S/C18H13BrN2O2S/c19-15-8-9-20-18-17(15)14-10-12(6-7-16(14)21-18)11-24(22,23)13-4-2-1-3-5-13/h1-10H,11H2,(H,20,21). The fourth-order valence-electron chi connectivity index (χ4n) is 2.84. The molecule has 4 nitrogen and oxygen atoms in total. The molecule has 0 bridgehead atoms. The third-order valence-corrected chi connectivity index (χ3v) is 6.33. The summed E-state index contributed by atoms with van der Waals surface area (Å²) in [5.74, 6) is -0.0303. The predicted molar refractivity (Wildman–Crippen MR) is 98.6 cm³/mol. The molecule has 0 saturated carbocycles. The minimum absolute atomic E-state index is 0.0303. The van der Waals surface area contributed by atoms with E-state index < -0.39 is 9.84 Å². The van der Waals surface area contributed by atoms with Gasteiger partial charge in [-0.3, -0.25) is 0 Å². The van der Waals surface area contributed by atoms with E-state index in [-0.39, 0.29) is 5.75 Å². The number of H-pyrrole nitrogens is 1. The number of sulfone groups is 1. The number of hydrogen-bond acceptors (Lipinski definition) is 3. The van der Waals surface area contributed by atoms with Gasteiger partial charge < -0.3 is 4.98 Å². The normalized spacial score (nSPS) is 12.0. The Kier molecular flexibility index (Phi) is 3.66. The minimum atomic E-state index is -3.37. The first-order valence-corrected chi connectivity index (χ1v) is 9.82. The maximum absolute atomic E-state index is 12.6. The average molecular weight is 401 g/mol. The molecular formula is C18H13BrN2O2S. The molecule has 0 spiro atoms. The van der Waals surface area contributed by atoms with Gasteiger partial charge in [0.2, 0.25) is 0 Å². The van der Waals surface area contributed by atoms with Gasteiger partial charge in [0.1, 0.15) is 5.65 Å². The zero-order chi connectivity index (χ0) is 16.7. The minimum Gasteiger partial charge on any atom is -0.339 e. The Bertz CT molecular complexity index is 1150. The van der Waals surface area contributed by atoms with Crippen LogP contribution in [0.25, 0.3) is 21.9 Å². The van der Waals surface area contributed by atoms with Crippen LogP contribution in [0.1, 0.15) is 5.56 Å². The average Bonchev–Trinajstić information content (AvgIpc) is 2.94. The molecule has 0 unspecified atom stereocenters. The van der Waals surface area contributed by atoms with Crippen molar-refractivity contribution >= 4 is 47.7 Å². The van der Waals surface area contributed by atoms with Crippen molar-refractivity contribution in [2.75, 3.05) is 0 Å². The zero-order valence-electron chi connectivity index (χ0n) is 12.5. The summed E-state index contributed by atoms with van der Waals surface area (Å²) in [5, 5.41) is 1.93. The van der Waals surface area contributed by atoms with Gasteiger partial charge in [-0.05, 0) is 51.8 Å². The molecule has 0 aliphatic heterocycles. The summed E-state index contributed by atoms with van der Waals surface area (Å²) in [7, 11) is -3.37. The first-order valence-electron chi connectivity index (χ1n) is 7.37. The highest BCUT2D eigenvalue weighted by molar-refractivity contribution is 9.10. The molecule has 0 radical (unpaired) electrons. The first kappa shape index (κ1) is 15.4. The highest BCUT2D eigenvalue weighted by Crippen LogP contribution is 2.31. The van der Waals surface area contributed by atoms with Crippen molar-refractivity contribution in [2.24, 2.45) is 0 Å². The lowest BCUT2D eigenvalue weighted by molar-refractivity contribution is 0.595. The largest absolute Gasteiger partial charge is 0.339 e. The lowest BCUT2D eigenvalue weighted by atomic mass is 10.1. The molecule has 1 N–H and O–H groups in total. The summed E-state index contributed by atoms with van der Waals surface area (Å²) >= 11 is 3.54. The van der Waals surface area contributed by atoms with E-state index in [1.54, 1.807) is 30.5 Å². The van der Waals surface area contributed by atoms with Crippen molar-refractivity contribution in [3.05, 3.63) is 70.8 Å². The lowest BCUT2D eigenvalue weighted by Crippen LogP contribution is -2.04. The summed E-state index contributed by atoms with van der Waals surface area (Å²) in [5.41, 5.74) is 2.47. The number of fused-ring (bicyclic) bond motifs is 3. The SMILES string of the molecule is O=S(=O)(Cc1ccc2[nH]c3nccc(Br)c3c2c1)c1ccccc1. The van der Waals surface area contributed by atoms with Gasteiger partial charge in [0.25, 0.3) is 0 Å². The van der Waals surface area contributed by atoms with Crippen LogP contribution in [0.4, 0.5) is 0 Å². The third-order valence-electron chi connectivity index (χ3n) is 3.97. The molecular weight excluding hydrogens is 388 g/mol. The Balaban J connectivity index is 1.82. The summed E-state index contributed by atoms with van der Waals surface area (Å²) < 4.78 is 26.1. The zero-order valence-corrected chi connectivity index (χ0v) is 14.9. The highest BCUT2D eigenvalue weighted by atomic mass is 79.9. The molecule has 120 valence electrons. The predicted octanol–water partition coefficient (Wildman–Crippen LogP) is 4.45. The Hall–Kier alpha value is -2.18. The van der Waals surface area contributed by atoms with E-state index in [0.29, 0.717) is 4.90 Å². The summed E-state index contributed by atoms with van der Waals surface area (Å²) in [6.45, 7) is 0. The van der Waals surface area contributed by atoms with Crippen molar-refractivity contribution in [2.45, 2.75) is 10.6 Å². The first-order chi connectivity index (χ1) is 11.5. The van der Waals surface area contributed by atoms with Gasteiger partial charge in [-0.15, -0.1) is 0 Å². The van der Waals surface area contributed by atoms with Gasteiger partial charge in [0, 0.05) is 27.0 Å². The Morgan fingerprint density at radius 3 is 2.62 bits per heavy atom. The molecule has 2 aromatic carbocycles. The molecule has 0 aliphatic carbocycles. The van der Waals surface area contributed by atoms with Crippen LogP contribution in [0.5, 0.6) is 0 Å². The highest BCUT2D eigenvalue weighted by Gasteiger charge is 2.16. The number of benzene rings is 2. The topological polar surface area (TPSA) is 62.8 Å². The number of hydrogen-bond donors (Lipinski definition) is 1. The van der Waals surface area contributed by atoms with Gasteiger partial charge in [-0.25, -0.2) is 13.4 Å². The van der Waals surface area contributed by atoms with Gasteiger partial charge in [-0.2, -0.15) is 0 Å². The second-order valence-electron chi connectivity index (χ2n) is 5.59. The van der Waals surface area contributed by atoms with Crippen LogP contribution in [0.15, 0.2) is 70.2 Å². The van der Waals surface area contributed by atoms with Gasteiger partial charge >= 0.3 is 0 Å². The molecule has 4 aromatic rings. The maximum atomic E-state index is 12.6. The lowest BCUT2D eigenvalue weighted by Gasteiger charge is -2.05. The molecule has 0 fully saturated rings. The molecule has 0 atom stereocenters. The van der Waals surface area contributed by atoms with E-state index in [0.717, 1.165) is 32.0 Å². The fraction of sp³-hybridized carbons (Fsp3) is 0.0556. The number of aromatic amines is 1. The number of halogens is 1. The van der Waals surface area contributed by atoms with E-state index in [4.69, 9.17) is 0 Å². The monoisotopic (exact) mass is 400 g/mol. The van der Waals surface area contributed by atoms with Gasteiger partial charge in [-0.1, -0.05) is 24.3 Å². The molecule has 0 saturated heterocycles. The van der Waals surface area contributed by atoms with Crippen LogP contribution < -0.4 is 0 Å². The number of pyridine rings is 1. The van der Waals surface area contributed by atoms with Crippen LogP contribution in [0, 0.1) is 0 Å². The van der Waals surface area contributed by atoms with E-state index >= 15 is 0 Å². The number of nitrogens with one attached hydrogen (secondary N) is 1. The van der Waals surface area contributed by atoms with E-state index in [1.807, 2.05) is 30.3 Å². The van der Waals surface area contributed by atoms with Crippen LogP contribution in [0.3, 0.4) is 0 Å². The van der Waals surface area contributed by atoms with E-state index in [9.17, 15) is 8.42 Å². The molecule has 2 aromatic heterocycles. The van der Waals surface area contributed by atoms with Crippen molar-refractivity contribution in [3.63, 3.8) is 0 Å². The second-order valence-corrected chi connectivity index (χ2v) is 8.44. The third kappa shape index (κ3) is 2.61. The van der Waals surface area contributed by atoms with Gasteiger partial charge in [0.15, 0.2) is 9.84 Å². The molecule has 0 aliphatic rings. The second kappa shape index (κ2) is 5.72. The van der Waals surface area contributed by atoms with Crippen molar-refractivity contribution in [1.29, 1.82) is 0 Å². The van der Waals surface area contributed by atoms with Crippen molar-refractivity contribution in [3.8, 4) is 0 Å². The molecule has 0 amide bonds. The number of nitrogens with zero attached hydrogens (tertiary/aromatic N) is 1. The molecule has 2 heterocycles. The molecule has 4 rings (SSSR count). The fourth-order valence-corrected chi connectivity index (χ4v) is 4.72. The molecule has 24 heavy (non-hydrogen) atoms. The van der Waals surface area contributed by atoms with Crippen LogP contribution in [-0.2, 0) is 15.6 Å². The number of aromatic nitrogens is 2. The Labute approximate surface area is 147 Å². The molecule has 6 heteroatoms. The van der Waals surface area contributed by atoms with E-state index in [1.165, 1.54) is 0 Å². The maximum Gasteiger partial charge on any atom is 0.182 e. The summed E-state index contributed by atoms with van der Waals surface area (Å²) in [6.07, 6.45) is 1.72. The van der Waals surface area contributed by atoms with Crippen molar-refractivity contribution in [1.82, 2.24) is 9.97 Å². The number of rotatable bonds is 3. The van der Waals surface area contributed by atoms with Crippen LogP contribution >= 0.6 is 15.9 Å². The summed E-state index contributed by atoms with van der Waals surface area (Å²) in [6, 6.07) is 16.1. The van der Waals surface area contributed by atoms with Crippen LogP contribution in [0.2, 0.25) is 0 Å². The smallest absolute Gasteiger partial charge is 0.182 e.